The summed E-state index contributed by atoms with van der Waals surface area (Å²) < 4.78 is 0. The second-order valence-corrected chi connectivity index (χ2v) is 18.0. The van der Waals surface area contributed by atoms with E-state index < -0.39 is 101 Å². The number of nitrogens with two attached hydrogens (primary N) is 4. The fraction of sp³-hybridized carbons (Fsp3) is 0.521. The Morgan fingerprint density at radius 3 is 1.65 bits per heavy atom. The predicted octanol–water partition coefficient (Wildman–Crippen LogP) is -3.19. The van der Waals surface area contributed by atoms with Crippen molar-refractivity contribution in [3.05, 3.63) is 71.9 Å². The normalized spacial score (nSPS) is 23.0. The molecule has 0 spiro atoms. The van der Waals surface area contributed by atoms with Crippen molar-refractivity contribution in [2.45, 2.75) is 120 Å². The molecule has 9 amide bonds. The van der Waals surface area contributed by atoms with Crippen molar-refractivity contribution < 1.29 is 43.2 Å². The van der Waals surface area contributed by atoms with Gasteiger partial charge in [-0.2, -0.15) is 0 Å². The molecular formula is C48H72N14O9. The van der Waals surface area contributed by atoms with E-state index in [9.17, 15) is 43.2 Å². The third-order valence-electron chi connectivity index (χ3n) is 11.8. The number of amides is 9. The Morgan fingerprint density at radius 2 is 1.10 bits per heavy atom. The van der Waals surface area contributed by atoms with Crippen molar-refractivity contribution in [2.24, 2.45) is 28.9 Å². The molecule has 0 aliphatic carbocycles. The molecule has 0 saturated carbocycles. The molecule has 18 N–H and O–H groups in total. The number of H-pyrrole nitrogens is 1. The van der Waals surface area contributed by atoms with Gasteiger partial charge < -0.3 is 75.8 Å². The lowest BCUT2D eigenvalue weighted by Crippen LogP contribution is -2.61. The molecule has 1 aliphatic heterocycles. The van der Waals surface area contributed by atoms with Crippen LogP contribution in [-0.4, -0.2) is 139 Å². The Kier molecular flexibility index (Phi) is 22.9. The van der Waals surface area contributed by atoms with Crippen molar-refractivity contribution in [1.82, 2.24) is 52.8 Å². The largest absolute Gasteiger partial charge is 0.361 e. The van der Waals surface area contributed by atoms with Crippen molar-refractivity contribution in [2.75, 3.05) is 32.7 Å². The molecule has 0 radical (unpaired) electrons. The van der Waals surface area contributed by atoms with Gasteiger partial charge in [0.2, 0.25) is 53.2 Å². The van der Waals surface area contributed by atoms with Crippen LogP contribution in [-0.2, 0) is 56.0 Å². The molecule has 8 atom stereocenters. The summed E-state index contributed by atoms with van der Waals surface area (Å²) in [5, 5.41) is 24.9. The summed E-state index contributed by atoms with van der Waals surface area (Å²) in [7, 11) is 0. The standard InChI is InChI=1S/C48H72N14O9/c1-27(2)23-38-47(70)58-34(14-19-50)43(66)56-36(16-21-52)45(68)62-40(25-30-26-54-32-12-8-7-11-31(30)32)41(64)53-22-17-37(59-42(65)33(13-18-49)55-28(3)63)46(69)57-35(15-20-51)44(67)61-39(48(71)60-38)24-29-9-5-4-6-10-29/h4-12,26-27,33-40,54H,13-25,49-52H2,1-3H3,(H,53,64)(H,55,63)(H,56,66)(H,57,69)(H,58,70)(H,59,65)(H,60,71)(H,61,67)(H,62,68)/t33-,34+,35+,36+,37+,38+,39-,40+/m1/s1. The molecule has 1 aliphatic rings. The predicted molar refractivity (Wildman–Crippen MR) is 265 cm³/mol. The van der Waals surface area contributed by atoms with Gasteiger partial charge in [-0.05, 0) is 87.8 Å². The van der Waals surface area contributed by atoms with E-state index in [1.807, 2.05) is 38.1 Å². The smallest absolute Gasteiger partial charge is 0.243 e. The summed E-state index contributed by atoms with van der Waals surface area (Å²) in [6, 6.07) is 5.69. The Hall–Kier alpha value is -6.95. The number of benzene rings is 2. The minimum Gasteiger partial charge on any atom is -0.361 e. The van der Waals surface area contributed by atoms with Gasteiger partial charge in [-0.25, -0.2) is 0 Å². The van der Waals surface area contributed by atoms with Gasteiger partial charge in [0.25, 0.3) is 0 Å². The maximum Gasteiger partial charge on any atom is 0.243 e. The van der Waals surface area contributed by atoms with E-state index in [0.29, 0.717) is 11.1 Å². The van der Waals surface area contributed by atoms with Crippen LogP contribution in [0.1, 0.15) is 70.4 Å². The number of aromatic nitrogens is 1. The highest BCUT2D eigenvalue weighted by Gasteiger charge is 2.35. The van der Waals surface area contributed by atoms with E-state index >= 15 is 0 Å². The lowest BCUT2D eigenvalue weighted by molar-refractivity contribution is -0.136. The lowest BCUT2D eigenvalue weighted by atomic mass is 10.00. The topological polar surface area (TPSA) is 382 Å². The van der Waals surface area contributed by atoms with Crippen LogP contribution in [0, 0.1) is 5.92 Å². The van der Waals surface area contributed by atoms with Gasteiger partial charge in [0.15, 0.2) is 0 Å². The molecule has 4 rings (SSSR count). The van der Waals surface area contributed by atoms with Crippen molar-refractivity contribution >= 4 is 64.1 Å². The first-order valence-corrected chi connectivity index (χ1v) is 24.0. The molecule has 1 fully saturated rings. The number of para-hydroxylation sites is 1. The molecule has 1 aromatic heterocycles. The second-order valence-electron chi connectivity index (χ2n) is 18.0. The average Bonchev–Trinajstić information content (AvgIpc) is 3.74. The molecule has 2 aromatic carbocycles. The van der Waals surface area contributed by atoms with E-state index in [4.69, 9.17) is 22.9 Å². The molecule has 388 valence electrons. The number of hydrogen-bond donors (Lipinski definition) is 14. The molecule has 0 bridgehead atoms. The summed E-state index contributed by atoms with van der Waals surface area (Å²) in [5.74, 6) is -6.91. The first-order valence-electron chi connectivity index (χ1n) is 24.0. The SMILES string of the molecule is CC(=O)N[C@H](CCN)C(=O)N[C@H]1CCNC(=O)[C@H](Cc2c[nH]c3ccccc23)NC(=O)[C@H](CCN)NC(=O)[C@H](CCN)NC(=O)[C@H](CC(C)C)NC(=O)[C@@H](Cc2ccccc2)NC(=O)[C@H](CCN)NC1=O. The van der Waals surface area contributed by atoms with E-state index in [-0.39, 0.29) is 90.0 Å². The Morgan fingerprint density at radius 1 is 0.606 bits per heavy atom. The summed E-state index contributed by atoms with van der Waals surface area (Å²) in [5.41, 5.74) is 25.6. The zero-order valence-electron chi connectivity index (χ0n) is 40.6. The van der Waals surface area contributed by atoms with Gasteiger partial charge in [-0.15, -0.1) is 0 Å². The van der Waals surface area contributed by atoms with Gasteiger partial charge in [0, 0.05) is 43.4 Å². The fourth-order valence-electron chi connectivity index (χ4n) is 8.12. The molecule has 23 nitrogen and oxygen atoms in total. The monoisotopic (exact) mass is 989 g/mol. The minimum absolute atomic E-state index is 0.00170. The lowest BCUT2D eigenvalue weighted by Gasteiger charge is -2.28. The quantitative estimate of drug-likeness (QED) is 0.0635. The van der Waals surface area contributed by atoms with Gasteiger partial charge in [0.05, 0.1) is 0 Å². The molecule has 0 unspecified atom stereocenters. The van der Waals surface area contributed by atoms with E-state index in [1.165, 1.54) is 6.92 Å². The van der Waals surface area contributed by atoms with Crippen LogP contribution in [0.5, 0.6) is 0 Å². The van der Waals surface area contributed by atoms with Crippen LogP contribution in [0.4, 0.5) is 0 Å². The van der Waals surface area contributed by atoms with Crippen LogP contribution in [0.3, 0.4) is 0 Å². The third kappa shape index (κ3) is 17.8. The van der Waals surface area contributed by atoms with Crippen molar-refractivity contribution in [1.29, 1.82) is 0 Å². The average molecular weight is 989 g/mol. The summed E-state index contributed by atoms with van der Waals surface area (Å²) in [6.07, 6.45) is 1.18. The van der Waals surface area contributed by atoms with E-state index in [0.717, 1.165) is 10.9 Å². The van der Waals surface area contributed by atoms with E-state index in [1.54, 1.807) is 36.5 Å². The fourth-order valence-corrected chi connectivity index (χ4v) is 8.12. The minimum atomic E-state index is -1.45. The van der Waals surface area contributed by atoms with Gasteiger partial charge in [-0.1, -0.05) is 62.4 Å². The third-order valence-corrected chi connectivity index (χ3v) is 11.8. The second kappa shape index (κ2) is 28.6. The van der Waals surface area contributed by atoms with Crippen LogP contribution in [0.25, 0.3) is 10.9 Å². The maximum absolute atomic E-state index is 14.3. The molecule has 2 heterocycles. The summed E-state index contributed by atoms with van der Waals surface area (Å²) in [4.78, 5) is 128. The molecule has 1 saturated heterocycles. The summed E-state index contributed by atoms with van der Waals surface area (Å²) >= 11 is 0. The van der Waals surface area contributed by atoms with Crippen molar-refractivity contribution in [3.63, 3.8) is 0 Å². The highest BCUT2D eigenvalue weighted by molar-refractivity contribution is 5.98. The molecular weight excluding hydrogens is 917 g/mol. The first kappa shape index (κ1) is 56.6. The Bertz CT molecular complexity index is 2290. The molecule has 71 heavy (non-hydrogen) atoms. The number of hydrogen-bond acceptors (Lipinski definition) is 13. The number of carbonyl (C=O) groups is 9. The molecule has 3 aromatic rings. The zero-order chi connectivity index (χ0) is 52.0. The highest BCUT2D eigenvalue weighted by Crippen LogP contribution is 2.20. The number of aromatic amines is 1. The number of rotatable bonds is 17. The zero-order valence-corrected chi connectivity index (χ0v) is 40.6. The number of carbonyl (C=O) groups excluding carboxylic acids is 9. The first-order chi connectivity index (χ1) is 34.0. The van der Waals surface area contributed by atoms with E-state index in [2.05, 4.69) is 52.8 Å². The van der Waals surface area contributed by atoms with Crippen LogP contribution >= 0.6 is 0 Å². The highest BCUT2D eigenvalue weighted by atomic mass is 16.2. The van der Waals surface area contributed by atoms with Crippen molar-refractivity contribution in [3.8, 4) is 0 Å². The Labute approximate surface area is 413 Å². The van der Waals surface area contributed by atoms with Gasteiger partial charge >= 0.3 is 0 Å². The number of fused-ring (bicyclic) bond motifs is 1. The van der Waals surface area contributed by atoms with Gasteiger partial charge in [0.1, 0.15) is 48.3 Å². The molecule has 23 heteroatoms. The van der Waals surface area contributed by atoms with Crippen LogP contribution in [0.15, 0.2) is 60.8 Å². The van der Waals surface area contributed by atoms with Gasteiger partial charge in [-0.3, -0.25) is 43.2 Å². The Balaban J connectivity index is 1.81. The summed E-state index contributed by atoms with van der Waals surface area (Å²) in [6.45, 7) is 4.36. The number of nitrogens with one attached hydrogen (secondary N) is 10. The van der Waals surface area contributed by atoms with Crippen LogP contribution in [0.2, 0.25) is 0 Å². The maximum atomic E-state index is 14.3. The van der Waals surface area contributed by atoms with Crippen LogP contribution < -0.4 is 70.8 Å².